The minimum atomic E-state index is -4.48. The molecule has 0 aromatic heterocycles. The second-order valence-corrected chi connectivity index (χ2v) is 25.1. The highest BCUT2D eigenvalue weighted by molar-refractivity contribution is 7.47. The number of esters is 1. The van der Waals surface area contributed by atoms with E-state index in [0.29, 0.717) is 17.4 Å². The fourth-order valence-electron chi connectivity index (χ4n) is 9.21. The highest BCUT2D eigenvalue weighted by Gasteiger charge is 2.30. The Bertz CT molecular complexity index is 1830. The molecule has 0 aromatic carbocycles. The second-order valence-electron chi connectivity index (χ2n) is 23.6. The van der Waals surface area contributed by atoms with Crippen LogP contribution in [0.15, 0.2) is 122 Å². The molecule has 0 saturated carbocycles. The number of amides is 1. The first-order chi connectivity index (χ1) is 40.4. The number of carbonyl (C=O) groups excluding carboxylic acids is 2. The number of nitrogens with one attached hydrogen (secondary N) is 1. The topological polar surface area (TPSA) is 111 Å². The van der Waals surface area contributed by atoms with Crippen molar-refractivity contribution in [1.29, 1.82) is 0 Å². The number of carbonyl (C=O) groups is 2. The number of nitrogens with zero attached hydrogens (tertiary/aromatic N) is 1. The van der Waals surface area contributed by atoms with Crippen molar-refractivity contribution >= 4 is 19.7 Å². The molecular weight excluding hydrogens is 1050 g/mol. The summed E-state index contributed by atoms with van der Waals surface area (Å²) in [4.78, 5) is 37.8. The number of quaternary nitrogens is 1. The molecule has 1 amide bonds. The molecule has 0 aliphatic rings. The van der Waals surface area contributed by atoms with Crippen LogP contribution in [0.5, 0.6) is 0 Å². The minimum Gasteiger partial charge on any atom is -0.456 e. The second kappa shape index (κ2) is 61.5. The number of phosphoric ester groups is 1. The number of likely N-dealkylation sites (N-methyl/N-ethyl adjacent to an activating group) is 1. The summed E-state index contributed by atoms with van der Waals surface area (Å²) in [6.45, 7) is 6.82. The molecule has 0 aromatic rings. The molecule has 0 heterocycles. The van der Waals surface area contributed by atoms with Crippen molar-refractivity contribution in [3.63, 3.8) is 0 Å². The molecule has 0 spiro atoms. The summed E-state index contributed by atoms with van der Waals surface area (Å²) < 4.78 is 30.7. The van der Waals surface area contributed by atoms with Gasteiger partial charge in [0.05, 0.1) is 33.8 Å². The van der Waals surface area contributed by atoms with E-state index in [2.05, 4.69) is 129 Å². The highest BCUT2D eigenvalue weighted by Crippen LogP contribution is 2.43. The van der Waals surface area contributed by atoms with Gasteiger partial charge in [-0.3, -0.25) is 18.6 Å². The Balaban J connectivity index is 5.25. The van der Waals surface area contributed by atoms with Crippen molar-refractivity contribution in [3.8, 4) is 0 Å². The van der Waals surface area contributed by atoms with E-state index in [9.17, 15) is 19.0 Å². The van der Waals surface area contributed by atoms with Gasteiger partial charge in [0.15, 0.2) is 0 Å². The third-order valence-electron chi connectivity index (χ3n) is 14.4. The standard InChI is InChI=1S/C73H127N2O7P/c1-7-10-13-16-19-22-25-28-30-32-34-35-36-37-38-39-41-43-45-48-51-54-57-60-63-66-73(77)82-71(64-61-58-55-52-49-46-27-24-21-18-15-12-9-3)70(69-81-83(78,79)80-68-67-75(4,5)6)74-72(76)65-62-59-56-53-50-47-44-42-40-33-31-29-26-23-20-17-14-11-8-2/h11,14,19-20,22-23,28-31,34-35,40,42,47,50,56,59,61,64,70-71H,7-10,12-13,15-18,21,24-27,32-33,36-39,41,43-46,48-49,51-55,57-58,60,62-63,65-69H2,1-6H3,(H-,74,76,78,79)/p+1/b14-11-,22-19-,23-20-,30-28-,31-29-,35-34-,42-40-,50-47-,59-56-,64-61-. The van der Waals surface area contributed by atoms with Gasteiger partial charge in [-0.2, -0.15) is 0 Å². The third kappa shape index (κ3) is 62.8. The van der Waals surface area contributed by atoms with Crippen LogP contribution in [-0.2, 0) is 27.9 Å². The Labute approximate surface area is 512 Å². The lowest BCUT2D eigenvalue weighted by atomic mass is 10.0. The quantitative estimate of drug-likeness (QED) is 0.0205. The molecule has 0 aliphatic heterocycles. The average Bonchev–Trinajstić information content (AvgIpc) is 3.47. The van der Waals surface area contributed by atoms with Crippen molar-refractivity contribution < 1.29 is 37.3 Å². The van der Waals surface area contributed by atoms with Gasteiger partial charge in [-0.15, -0.1) is 0 Å². The molecule has 83 heavy (non-hydrogen) atoms. The molecule has 0 bridgehead atoms. The van der Waals surface area contributed by atoms with Crippen molar-refractivity contribution in [1.82, 2.24) is 5.32 Å². The van der Waals surface area contributed by atoms with Crippen LogP contribution in [0.2, 0.25) is 0 Å². The van der Waals surface area contributed by atoms with Gasteiger partial charge in [0.25, 0.3) is 0 Å². The number of unbranched alkanes of at least 4 members (excludes halogenated alkanes) is 26. The Morgan fingerprint density at radius 1 is 0.434 bits per heavy atom. The van der Waals surface area contributed by atoms with E-state index in [-0.39, 0.29) is 37.9 Å². The molecule has 476 valence electrons. The number of hydrogen-bond donors (Lipinski definition) is 2. The predicted octanol–water partition coefficient (Wildman–Crippen LogP) is 21.4. The van der Waals surface area contributed by atoms with Gasteiger partial charge >= 0.3 is 13.8 Å². The molecular formula is C73H128N2O7P+. The lowest BCUT2D eigenvalue weighted by Crippen LogP contribution is -2.47. The molecule has 0 saturated heterocycles. The van der Waals surface area contributed by atoms with E-state index in [1.807, 2.05) is 39.4 Å². The number of allylic oxidation sites excluding steroid dienone is 19. The van der Waals surface area contributed by atoms with E-state index in [1.54, 1.807) is 0 Å². The first-order valence-corrected chi connectivity index (χ1v) is 35.4. The van der Waals surface area contributed by atoms with Crippen molar-refractivity contribution in [3.05, 3.63) is 122 Å². The van der Waals surface area contributed by atoms with E-state index in [1.165, 1.54) is 148 Å². The van der Waals surface area contributed by atoms with Crippen LogP contribution >= 0.6 is 7.82 Å². The van der Waals surface area contributed by atoms with Gasteiger partial charge in [0, 0.05) is 12.8 Å². The van der Waals surface area contributed by atoms with Gasteiger partial charge in [-0.1, -0.05) is 277 Å². The van der Waals surface area contributed by atoms with E-state index < -0.39 is 20.0 Å². The molecule has 9 nitrogen and oxygen atoms in total. The minimum absolute atomic E-state index is 0.0209. The largest absolute Gasteiger partial charge is 0.472 e. The Kier molecular flexibility index (Phi) is 58.8. The maximum atomic E-state index is 13.5. The Morgan fingerprint density at radius 2 is 0.783 bits per heavy atom. The maximum Gasteiger partial charge on any atom is 0.472 e. The Hall–Kier alpha value is -3.59. The van der Waals surface area contributed by atoms with E-state index in [0.717, 1.165) is 89.9 Å². The first kappa shape index (κ1) is 79.4. The van der Waals surface area contributed by atoms with Gasteiger partial charge < -0.3 is 19.4 Å². The zero-order valence-electron chi connectivity index (χ0n) is 54.4. The van der Waals surface area contributed by atoms with Gasteiger partial charge in [-0.05, 0) is 109 Å². The molecule has 0 aliphatic carbocycles. The van der Waals surface area contributed by atoms with Crippen LogP contribution in [0, 0.1) is 0 Å². The maximum absolute atomic E-state index is 13.5. The van der Waals surface area contributed by atoms with Crippen LogP contribution < -0.4 is 5.32 Å². The summed E-state index contributed by atoms with van der Waals surface area (Å²) in [6, 6.07) is -0.898. The number of hydrogen-bond acceptors (Lipinski definition) is 6. The number of rotatable bonds is 60. The SMILES string of the molecule is CC/C=C\C/C=C\C/C=C\C/C=C\C/C=C\C/C=C\CCC(=O)NC(COP(=O)(O)OCC[N+](C)(C)C)C(/C=C\CCCCCCCCCCCCC)OC(=O)CCCCCCCCCCCCCC/C=C\C/C=C\C/C=C\CCCCC. The average molecular weight is 1180 g/mol. The van der Waals surface area contributed by atoms with Crippen LogP contribution in [0.1, 0.15) is 278 Å². The van der Waals surface area contributed by atoms with Crippen LogP contribution in [0.3, 0.4) is 0 Å². The fraction of sp³-hybridized carbons (Fsp3) is 0.699. The fourth-order valence-corrected chi connectivity index (χ4v) is 9.94. The molecule has 10 heteroatoms. The lowest BCUT2D eigenvalue weighted by molar-refractivity contribution is -0.870. The predicted molar refractivity (Wildman–Crippen MR) is 360 cm³/mol. The third-order valence-corrected chi connectivity index (χ3v) is 15.4. The van der Waals surface area contributed by atoms with E-state index in [4.69, 9.17) is 13.8 Å². The van der Waals surface area contributed by atoms with Crippen LogP contribution in [0.25, 0.3) is 0 Å². The molecule has 3 unspecified atom stereocenters. The molecule has 0 rings (SSSR count). The zero-order valence-corrected chi connectivity index (χ0v) is 55.3. The zero-order chi connectivity index (χ0) is 60.7. The molecule has 0 radical (unpaired) electrons. The summed E-state index contributed by atoms with van der Waals surface area (Å²) >= 11 is 0. The number of ether oxygens (including phenoxy) is 1. The number of phosphoric acid groups is 1. The highest BCUT2D eigenvalue weighted by atomic mass is 31.2. The lowest BCUT2D eigenvalue weighted by Gasteiger charge is -2.27. The monoisotopic (exact) mass is 1180 g/mol. The normalized spacial score (nSPS) is 14.3. The van der Waals surface area contributed by atoms with Crippen molar-refractivity contribution in [2.45, 2.75) is 290 Å². The van der Waals surface area contributed by atoms with Gasteiger partial charge in [0.1, 0.15) is 19.3 Å². The summed E-state index contributed by atoms with van der Waals surface area (Å²) in [6.07, 6.45) is 86.5. The van der Waals surface area contributed by atoms with Gasteiger partial charge in [0.2, 0.25) is 5.91 Å². The molecule has 0 fully saturated rings. The van der Waals surface area contributed by atoms with E-state index >= 15 is 0 Å². The first-order valence-electron chi connectivity index (χ1n) is 33.9. The molecule has 3 atom stereocenters. The van der Waals surface area contributed by atoms with Gasteiger partial charge in [-0.25, -0.2) is 4.57 Å². The van der Waals surface area contributed by atoms with Crippen molar-refractivity contribution in [2.24, 2.45) is 0 Å². The summed E-state index contributed by atoms with van der Waals surface area (Å²) in [5.41, 5.74) is 0. The smallest absolute Gasteiger partial charge is 0.456 e. The summed E-state index contributed by atoms with van der Waals surface area (Å²) in [5.74, 6) is -0.607. The molecule has 2 N–H and O–H groups in total. The van der Waals surface area contributed by atoms with Crippen molar-refractivity contribution in [2.75, 3.05) is 40.9 Å². The summed E-state index contributed by atoms with van der Waals surface area (Å²) in [7, 11) is 1.44. The Morgan fingerprint density at radius 3 is 1.20 bits per heavy atom. The van der Waals surface area contributed by atoms with Crippen LogP contribution in [-0.4, -0.2) is 74.3 Å². The van der Waals surface area contributed by atoms with Crippen LogP contribution in [0.4, 0.5) is 0 Å². The summed E-state index contributed by atoms with van der Waals surface area (Å²) in [5, 5.41) is 3.01.